The number of carbonyl (C=O) groups excluding carboxylic acids is 1. The van der Waals surface area contributed by atoms with Crippen molar-refractivity contribution in [2.75, 3.05) is 23.3 Å². The number of piperidine rings is 1. The highest BCUT2D eigenvalue weighted by molar-refractivity contribution is 5.98. The number of fused-ring (bicyclic) bond motifs is 1. The summed E-state index contributed by atoms with van der Waals surface area (Å²) in [5.41, 5.74) is 3.00. The number of para-hydroxylation sites is 1. The fourth-order valence-corrected chi connectivity index (χ4v) is 3.93. The number of hydrogen-bond donors (Lipinski definition) is 1. The van der Waals surface area contributed by atoms with Crippen LogP contribution in [0.15, 0.2) is 42.6 Å². The second-order valence-electron chi connectivity index (χ2n) is 7.71. The number of nitro groups is 1. The molecule has 1 saturated heterocycles. The highest BCUT2D eigenvalue weighted by Gasteiger charge is 2.28. The molecule has 1 fully saturated rings. The van der Waals surface area contributed by atoms with Gasteiger partial charge in [0, 0.05) is 42.1 Å². The van der Waals surface area contributed by atoms with Crippen LogP contribution in [0.1, 0.15) is 24.1 Å². The molecule has 1 N–H and O–H groups in total. The highest BCUT2D eigenvalue weighted by atomic mass is 16.6. The van der Waals surface area contributed by atoms with Gasteiger partial charge in [0.05, 0.1) is 10.8 Å². The van der Waals surface area contributed by atoms with Crippen LogP contribution in [0.5, 0.6) is 0 Å². The van der Waals surface area contributed by atoms with Crippen LogP contribution in [0.2, 0.25) is 0 Å². The maximum atomic E-state index is 12.8. The number of pyridine rings is 2. The van der Waals surface area contributed by atoms with E-state index in [2.05, 4.69) is 20.2 Å². The van der Waals surface area contributed by atoms with Crippen molar-refractivity contribution >= 4 is 34.0 Å². The van der Waals surface area contributed by atoms with Crippen molar-refractivity contribution in [1.29, 1.82) is 0 Å². The molecule has 3 heterocycles. The fraction of sp³-hybridized carbons (Fsp3) is 0.318. The van der Waals surface area contributed by atoms with Crippen LogP contribution >= 0.6 is 0 Å². The number of rotatable bonds is 4. The summed E-state index contributed by atoms with van der Waals surface area (Å²) in [5.74, 6) is 0.296. The Morgan fingerprint density at radius 2 is 2.10 bits per heavy atom. The van der Waals surface area contributed by atoms with Crippen molar-refractivity contribution in [1.82, 2.24) is 9.97 Å². The number of hydrogen-bond acceptors (Lipinski definition) is 6. The number of amides is 1. The maximum Gasteiger partial charge on any atom is 0.295 e. The summed E-state index contributed by atoms with van der Waals surface area (Å²) in [5, 5.41) is 15.1. The predicted octanol–water partition coefficient (Wildman–Crippen LogP) is 4.01. The van der Waals surface area contributed by atoms with Gasteiger partial charge in [-0.25, -0.2) is 9.97 Å². The van der Waals surface area contributed by atoms with E-state index in [4.69, 9.17) is 0 Å². The van der Waals surface area contributed by atoms with E-state index in [9.17, 15) is 14.9 Å². The fourth-order valence-electron chi connectivity index (χ4n) is 3.93. The molecule has 1 aliphatic rings. The monoisotopic (exact) mass is 405 g/mol. The molecule has 1 aromatic carbocycles. The third-order valence-electron chi connectivity index (χ3n) is 5.42. The van der Waals surface area contributed by atoms with Gasteiger partial charge in [0.1, 0.15) is 5.82 Å². The Labute approximate surface area is 174 Å². The molecule has 1 aliphatic heterocycles. The van der Waals surface area contributed by atoms with Gasteiger partial charge in [0.2, 0.25) is 5.91 Å². The van der Waals surface area contributed by atoms with Crippen molar-refractivity contribution < 1.29 is 9.72 Å². The van der Waals surface area contributed by atoms with Gasteiger partial charge in [0.15, 0.2) is 5.52 Å². The Hall–Kier alpha value is -3.55. The van der Waals surface area contributed by atoms with Crippen molar-refractivity contribution in [2.24, 2.45) is 5.92 Å². The average Bonchev–Trinajstić information content (AvgIpc) is 2.74. The molecular weight excluding hydrogens is 382 g/mol. The lowest BCUT2D eigenvalue weighted by atomic mass is 9.96. The summed E-state index contributed by atoms with van der Waals surface area (Å²) in [6.07, 6.45) is 3.37. The lowest BCUT2D eigenvalue weighted by Gasteiger charge is -2.34. The number of aryl methyl sites for hydroxylation is 2. The first-order chi connectivity index (χ1) is 14.4. The quantitative estimate of drug-likeness (QED) is 0.520. The molecule has 8 nitrogen and oxygen atoms in total. The zero-order chi connectivity index (χ0) is 21.3. The molecule has 8 heteroatoms. The number of non-ortho nitro benzene ring substituents is 1. The van der Waals surface area contributed by atoms with Crippen molar-refractivity contribution in [3.63, 3.8) is 0 Å². The first-order valence-electron chi connectivity index (χ1n) is 9.95. The number of carbonyl (C=O) groups is 1. The summed E-state index contributed by atoms with van der Waals surface area (Å²) in [6.45, 7) is 5.10. The molecule has 1 amide bonds. The van der Waals surface area contributed by atoms with Crippen LogP contribution < -0.4 is 10.2 Å². The average molecular weight is 405 g/mol. The Morgan fingerprint density at radius 1 is 1.27 bits per heavy atom. The van der Waals surface area contributed by atoms with Crippen LogP contribution in [0.4, 0.5) is 17.2 Å². The summed E-state index contributed by atoms with van der Waals surface area (Å²) < 4.78 is 0. The molecule has 4 rings (SSSR count). The highest BCUT2D eigenvalue weighted by Crippen LogP contribution is 2.34. The summed E-state index contributed by atoms with van der Waals surface area (Å²) >= 11 is 0. The molecule has 0 bridgehead atoms. The van der Waals surface area contributed by atoms with Crippen molar-refractivity contribution in [3.05, 3.63) is 64.0 Å². The van der Waals surface area contributed by atoms with Crippen molar-refractivity contribution in [3.8, 4) is 0 Å². The van der Waals surface area contributed by atoms with Gasteiger partial charge in [-0.1, -0.05) is 18.2 Å². The van der Waals surface area contributed by atoms with Gasteiger partial charge in [-0.3, -0.25) is 14.9 Å². The van der Waals surface area contributed by atoms with E-state index in [0.717, 1.165) is 36.0 Å². The van der Waals surface area contributed by atoms with E-state index >= 15 is 0 Å². The third kappa shape index (κ3) is 3.94. The molecule has 2 aromatic heterocycles. The zero-order valence-corrected chi connectivity index (χ0v) is 17.0. The third-order valence-corrected chi connectivity index (χ3v) is 5.42. The van der Waals surface area contributed by atoms with Gasteiger partial charge in [0.25, 0.3) is 5.69 Å². The molecule has 0 radical (unpaired) electrons. The largest absolute Gasteiger partial charge is 0.370 e. The lowest BCUT2D eigenvalue weighted by Crippen LogP contribution is -2.41. The zero-order valence-electron chi connectivity index (χ0n) is 17.0. The van der Waals surface area contributed by atoms with Crippen LogP contribution in [0.25, 0.3) is 10.9 Å². The normalized spacial score (nSPS) is 16.5. The van der Waals surface area contributed by atoms with Gasteiger partial charge < -0.3 is 10.2 Å². The minimum Gasteiger partial charge on any atom is -0.370 e. The SMILES string of the molecule is Cc1ccc(NC(=O)C2CCCN(c3cc(C)nc4c([N+](=O)[O-])cccc34)C2)nc1. The Balaban J connectivity index is 1.61. The molecular formula is C22H23N5O3. The minimum atomic E-state index is -0.403. The van der Waals surface area contributed by atoms with E-state index < -0.39 is 4.92 Å². The topological polar surface area (TPSA) is 101 Å². The number of nitrogens with one attached hydrogen (secondary N) is 1. The van der Waals surface area contributed by atoms with E-state index in [1.807, 2.05) is 32.0 Å². The number of benzene rings is 1. The summed E-state index contributed by atoms with van der Waals surface area (Å²) in [7, 11) is 0. The molecule has 154 valence electrons. The second kappa shape index (κ2) is 8.06. The number of nitro benzene ring substituents is 1. The molecule has 30 heavy (non-hydrogen) atoms. The second-order valence-corrected chi connectivity index (χ2v) is 7.71. The first kappa shape index (κ1) is 19.8. The van der Waals surface area contributed by atoms with E-state index in [1.54, 1.807) is 18.3 Å². The first-order valence-corrected chi connectivity index (χ1v) is 9.95. The standard InChI is InChI=1S/C22H23N5O3/c1-14-8-9-20(23-12-14)25-22(28)16-5-4-10-26(13-16)19-11-15(2)24-21-17(19)6-3-7-18(21)27(29)30/h3,6-9,11-12,16H,4-5,10,13H2,1-2H3,(H,23,25,28). The Kier molecular flexibility index (Phi) is 5.31. The van der Waals surface area contributed by atoms with Gasteiger partial charge in [-0.15, -0.1) is 0 Å². The minimum absolute atomic E-state index is 0.00537. The van der Waals surface area contributed by atoms with Crippen molar-refractivity contribution in [2.45, 2.75) is 26.7 Å². The predicted molar refractivity (Wildman–Crippen MR) is 116 cm³/mol. The Morgan fingerprint density at radius 3 is 2.83 bits per heavy atom. The van der Waals surface area contributed by atoms with Gasteiger partial charge >= 0.3 is 0 Å². The lowest BCUT2D eigenvalue weighted by molar-refractivity contribution is -0.383. The van der Waals surface area contributed by atoms with Crippen LogP contribution in [0.3, 0.4) is 0 Å². The van der Waals surface area contributed by atoms with E-state index in [-0.39, 0.29) is 17.5 Å². The van der Waals surface area contributed by atoms with Gasteiger partial charge in [-0.2, -0.15) is 0 Å². The molecule has 0 saturated carbocycles. The molecule has 1 unspecified atom stereocenters. The van der Waals surface area contributed by atoms with Crippen LogP contribution in [-0.4, -0.2) is 33.9 Å². The molecule has 1 atom stereocenters. The number of nitrogens with zero attached hydrogens (tertiary/aromatic N) is 4. The van der Waals surface area contributed by atoms with E-state index in [0.29, 0.717) is 23.6 Å². The van der Waals surface area contributed by atoms with E-state index in [1.165, 1.54) is 6.07 Å². The number of aromatic nitrogens is 2. The number of anilines is 2. The molecule has 0 aliphatic carbocycles. The molecule has 0 spiro atoms. The smallest absolute Gasteiger partial charge is 0.295 e. The molecule has 3 aromatic rings. The van der Waals surface area contributed by atoms with Crippen LogP contribution in [0, 0.1) is 29.9 Å². The summed E-state index contributed by atoms with van der Waals surface area (Å²) in [4.78, 5) is 34.7. The van der Waals surface area contributed by atoms with Gasteiger partial charge in [-0.05, 0) is 44.4 Å². The maximum absolute atomic E-state index is 12.8. The summed E-state index contributed by atoms with van der Waals surface area (Å²) in [6, 6.07) is 10.6. The van der Waals surface area contributed by atoms with Crippen LogP contribution in [-0.2, 0) is 4.79 Å². The Bertz CT molecular complexity index is 1110.